The van der Waals surface area contributed by atoms with Crippen molar-refractivity contribution in [3.63, 3.8) is 0 Å². The third-order valence-corrected chi connectivity index (χ3v) is 4.73. The van der Waals surface area contributed by atoms with Gasteiger partial charge in [-0.2, -0.15) is 0 Å². The van der Waals surface area contributed by atoms with Gasteiger partial charge in [-0.3, -0.25) is 9.59 Å². The molecule has 2 amide bonds. The summed E-state index contributed by atoms with van der Waals surface area (Å²) >= 11 is 0. The number of benzene rings is 2. The molecule has 0 radical (unpaired) electrons. The van der Waals surface area contributed by atoms with Crippen LogP contribution in [0.15, 0.2) is 66.2 Å². The lowest BCUT2D eigenvalue weighted by atomic mass is 9.97. The fourth-order valence-electron chi connectivity index (χ4n) is 3.26. The molecule has 0 fully saturated rings. The van der Waals surface area contributed by atoms with Crippen molar-refractivity contribution < 1.29 is 9.59 Å². The highest BCUT2D eigenvalue weighted by molar-refractivity contribution is 6.04. The second kappa shape index (κ2) is 10.4. The molecule has 0 saturated heterocycles. The van der Waals surface area contributed by atoms with Crippen LogP contribution in [-0.2, 0) is 4.79 Å². The number of rotatable bonds is 8. The Labute approximate surface area is 166 Å². The van der Waals surface area contributed by atoms with Gasteiger partial charge in [0.2, 0.25) is 5.91 Å². The molecule has 2 aromatic carbocycles. The lowest BCUT2D eigenvalue weighted by Crippen LogP contribution is -2.29. The highest BCUT2D eigenvalue weighted by atomic mass is 16.2. The van der Waals surface area contributed by atoms with Gasteiger partial charge < -0.3 is 16.0 Å². The third-order valence-electron chi connectivity index (χ3n) is 4.73. The molecule has 2 aromatic rings. The van der Waals surface area contributed by atoms with Gasteiger partial charge >= 0.3 is 0 Å². The molecule has 1 aliphatic carbocycles. The predicted octanol–water partition coefficient (Wildman–Crippen LogP) is 4.36. The summed E-state index contributed by atoms with van der Waals surface area (Å²) < 4.78 is 0. The first kappa shape index (κ1) is 19.8. The highest BCUT2D eigenvalue weighted by Crippen LogP contribution is 2.19. The smallest absolute Gasteiger partial charge is 0.255 e. The minimum atomic E-state index is -0.178. The summed E-state index contributed by atoms with van der Waals surface area (Å²) in [5.41, 5.74) is 3.40. The average Bonchev–Trinajstić information content (AvgIpc) is 2.73. The number of carbonyl (C=O) groups is 2. The monoisotopic (exact) mass is 377 g/mol. The largest absolute Gasteiger partial charge is 0.325 e. The van der Waals surface area contributed by atoms with E-state index in [1.54, 1.807) is 30.3 Å². The molecule has 0 unspecified atom stereocenters. The standard InChI is InChI=1S/C23H27N3O2/c27-22(17-24-15-14-18-8-3-1-4-9-18)25-20-12-7-13-21(16-20)26-23(28)19-10-5-2-6-11-19/h2,5-8,10-13,16,24H,1,3-4,9,14-15,17H2,(H,25,27)(H,26,28). The van der Waals surface area contributed by atoms with Gasteiger partial charge in [0.25, 0.3) is 5.91 Å². The first-order chi connectivity index (χ1) is 13.7. The predicted molar refractivity (Wildman–Crippen MR) is 114 cm³/mol. The fourth-order valence-corrected chi connectivity index (χ4v) is 3.26. The molecule has 0 heterocycles. The molecule has 146 valence electrons. The number of allylic oxidation sites excluding steroid dienone is 1. The maximum Gasteiger partial charge on any atom is 0.255 e. The van der Waals surface area contributed by atoms with E-state index in [-0.39, 0.29) is 18.4 Å². The van der Waals surface area contributed by atoms with Crippen LogP contribution in [0.5, 0.6) is 0 Å². The van der Waals surface area contributed by atoms with Crippen LogP contribution >= 0.6 is 0 Å². The van der Waals surface area contributed by atoms with Crippen LogP contribution in [0.2, 0.25) is 0 Å². The molecule has 0 aromatic heterocycles. The van der Waals surface area contributed by atoms with Crippen LogP contribution in [0, 0.1) is 0 Å². The lowest BCUT2D eigenvalue weighted by molar-refractivity contribution is -0.115. The number of anilines is 2. The van der Waals surface area contributed by atoms with Gasteiger partial charge in [0.1, 0.15) is 0 Å². The van der Waals surface area contributed by atoms with E-state index in [9.17, 15) is 9.59 Å². The van der Waals surface area contributed by atoms with Crippen molar-refractivity contribution in [2.24, 2.45) is 0 Å². The summed E-state index contributed by atoms with van der Waals surface area (Å²) in [7, 11) is 0. The van der Waals surface area contributed by atoms with Crippen LogP contribution in [0.4, 0.5) is 11.4 Å². The Bertz CT molecular complexity index is 831. The number of carbonyl (C=O) groups excluding carboxylic acids is 2. The Kier molecular flexibility index (Phi) is 7.38. The summed E-state index contributed by atoms with van der Waals surface area (Å²) in [6.07, 6.45) is 8.30. The number of hydrogen-bond acceptors (Lipinski definition) is 3. The van der Waals surface area contributed by atoms with Crippen molar-refractivity contribution in [1.29, 1.82) is 0 Å². The Morgan fingerprint density at radius 2 is 1.68 bits per heavy atom. The van der Waals surface area contributed by atoms with Crippen LogP contribution in [0.25, 0.3) is 0 Å². The molecule has 3 rings (SSSR count). The van der Waals surface area contributed by atoms with E-state index < -0.39 is 0 Å². The van der Waals surface area contributed by atoms with Gasteiger partial charge in [0.05, 0.1) is 6.54 Å². The Hall–Kier alpha value is -2.92. The second-order valence-electron chi connectivity index (χ2n) is 6.98. The fraction of sp³-hybridized carbons (Fsp3) is 0.304. The van der Waals surface area contributed by atoms with E-state index in [1.165, 1.54) is 31.3 Å². The lowest BCUT2D eigenvalue weighted by Gasteiger charge is -2.13. The molecule has 5 heteroatoms. The minimum absolute atomic E-state index is 0.0934. The molecular weight excluding hydrogens is 350 g/mol. The third kappa shape index (κ3) is 6.35. The number of hydrogen-bond donors (Lipinski definition) is 3. The summed E-state index contributed by atoms with van der Waals surface area (Å²) in [6.45, 7) is 1.08. The van der Waals surface area contributed by atoms with Gasteiger partial charge in [-0.05, 0) is 69.0 Å². The van der Waals surface area contributed by atoms with Crippen molar-refractivity contribution in [3.05, 3.63) is 71.8 Å². The molecule has 0 saturated carbocycles. The zero-order valence-electron chi connectivity index (χ0n) is 16.0. The quantitative estimate of drug-likeness (QED) is 0.473. The highest BCUT2D eigenvalue weighted by Gasteiger charge is 2.07. The average molecular weight is 377 g/mol. The summed E-state index contributed by atoms with van der Waals surface area (Å²) in [4.78, 5) is 24.4. The van der Waals surface area contributed by atoms with Crippen LogP contribution < -0.4 is 16.0 Å². The van der Waals surface area contributed by atoms with Crippen LogP contribution in [0.3, 0.4) is 0 Å². The zero-order chi connectivity index (χ0) is 19.6. The van der Waals surface area contributed by atoms with Crippen molar-refractivity contribution in [1.82, 2.24) is 5.32 Å². The van der Waals surface area contributed by atoms with Crippen molar-refractivity contribution in [2.45, 2.75) is 32.1 Å². The maximum absolute atomic E-state index is 12.2. The first-order valence-corrected chi connectivity index (χ1v) is 9.85. The summed E-state index contributed by atoms with van der Waals surface area (Å²) in [5, 5.41) is 8.91. The topological polar surface area (TPSA) is 70.2 Å². The molecular formula is C23H27N3O2. The summed E-state index contributed by atoms with van der Waals surface area (Å²) in [6, 6.07) is 16.2. The number of amides is 2. The molecule has 1 aliphatic rings. The van der Waals surface area contributed by atoms with Crippen LogP contribution in [0.1, 0.15) is 42.5 Å². The van der Waals surface area contributed by atoms with E-state index in [0.717, 1.165) is 13.0 Å². The molecule has 0 spiro atoms. The minimum Gasteiger partial charge on any atom is -0.325 e. The Balaban J connectivity index is 1.44. The van der Waals surface area contributed by atoms with Gasteiger partial charge in [-0.15, -0.1) is 0 Å². The molecule has 28 heavy (non-hydrogen) atoms. The van der Waals surface area contributed by atoms with E-state index in [0.29, 0.717) is 16.9 Å². The molecule has 0 bridgehead atoms. The first-order valence-electron chi connectivity index (χ1n) is 9.85. The van der Waals surface area contributed by atoms with E-state index in [4.69, 9.17) is 0 Å². The second-order valence-corrected chi connectivity index (χ2v) is 6.98. The van der Waals surface area contributed by atoms with Crippen molar-refractivity contribution in [3.8, 4) is 0 Å². The van der Waals surface area contributed by atoms with Gasteiger partial charge in [0, 0.05) is 16.9 Å². The summed E-state index contributed by atoms with van der Waals surface area (Å²) in [5.74, 6) is -0.271. The molecule has 5 nitrogen and oxygen atoms in total. The van der Waals surface area contributed by atoms with Crippen molar-refractivity contribution >= 4 is 23.2 Å². The van der Waals surface area contributed by atoms with E-state index in [1.807, 2.05) is 24.3 Å². The SMILES string of the molecule is O=C(CNCCC1=CCCCC1)Nc1cccc(NC(=O)c2ccccc2)c1. The van der Waals surface area contributed by atoms with Crippen LogP contribution in [-0.4, -0.2) is 24.9 Å². The zero-order valence-corrected chi connectivity index (χ0v) is 16.0. The Morgan fingerprint density at radius 1 is 0.893 bits per heavy atom. The normalized spacial score (nSPS) is 13.5. The maximum atomic E-state index is 12.2. The van der Waals surface area contributed by atoms with E-state index in [2.05, 4.69) is 22.0 Å². The number of nitrogens with one attached hydrogen (secondary N) is 3. The van der Waals surface area contributed by atoms with Gasteiger partial charge in [0.15, 0.2) is 0 Å². The van der Waals surface area contributed by atoms with Crippen molar-refractivity contribution in [2.75, 3.05) is 23.7 Å². The molecule has 3 N–H and O–H groups in total. The van der Waals surface area contributed by atoms with Gasteiger partial charge in [-0.25, -0.2) is 0 Å². The van der Waals surface area contributed by atoms with Gasteiger partial charge in [-0.1, -0.05) is 35.9 Å². The molecule has 0 aliphatic heterocycles. The van der Waals surface area contributed by atoms with E-state index >= 15 is 0 Å². The Morgan fingerprint density at radius 3 is 2.43 bits per heavy atom. The molecule has 0 atom stereocenters.